The maximum absolute atomic E-state index is 13.3. The molecule has 2 fully saturated rings. The van der Waals surface area contributed by atoms with Crippen molar-refractivity contribution >= 4 is 5.91 Å². The van der Waals surface area contributed by atoms with E-state index in [4.69, 9.17) is 0 Å². The molecule has 1 saturated heterocycles. The Kier molecular flexibility index (Phi) is 6.92. The quantitative estimate of drug-likeness (QED) is 0.770. The minimum Gasteiger partial charge on any atom is -0.344 e. The number of nitrogens with zero attached hydrogens (tertiary/aromatic N) is 2. The van der Waals surface area contributed by atoms with E-state index >= 15 is 0 Å². The van der Waals surface area contributed by atoms with Gasteiger partial charge in [-0.25, -0.2) is 0 Å². The maximum atomic E-state index is 13.3. The Bertz CT molecular complexity index is 518. The fourth-order valence-corrected chi connectivity index (χ4v) is 4.57. The molecule has 0 unspecified atom stereocenters. The first kappa shape index (κ1) is 18.4. The molecule has 1 heterocycles. The molecule has 0 bridgehead atoms. The van der Waals surface area contributed by atoms with Crippen molar-refractivity contribution in [3.05, 3.63) is 35.9 Å². The van der Waals surface area contributed by atoms with Gasteiger partial charge in [-0.2, -0.15) is 0 Å². The molecule has 0 spiro atoms. The van der Waals surface area contributed by atoms with Gasteiger partial charge in [-0.15, -0.1) is 0 Å². The predicted octanol–water partition coefficient (Wildman–Crippen LogP) is 4.29. The lowest BCUT2D eigenvalue weighted by molar-refractivity contribution is -0.133. The Morgan fingerprint density at radius 2 is 1.68 bits per heavy atom. The first-order chi connectivity index (χ1) is 12.3. The third-order valence-electron chi connectivity index (χ3n) is 6.12. The molecule has 3 nitrogen and oxygen atoms in total. The van der Waals surface area contributed by atoms with Crippen LogP contribution in [-0.2, 0) is 4.79 Å². The molecule has 0 N–H and O–H groups in total. The smallest absolute Gasteiger partial charge is 0.230 e. The van der Waals surface area contributed by atoms with Crippen molar-refractivity contribution in [2.24, 2.45) is 5.92 Å². The predicted molar refractivity (Wildman–Crippen MR) is 104 cm³/mol. The lowest BCUT2D eigenvalue weighted by Gasteiger charge is -2.34. The highest BCUT2D eigenvalue weighted by molar-refractivity contribution is 5.84. The maximum Gasteiger partial charge on any atom is 0.230 e. The van der Waals surface area contributed by atoms with Crippen LogP contribution in [0.3, 0.4) is 0 Å². The van der Waals surface area contributed by atoms with Gasteiger partial charge in [0.05, 0.1) is 5.92 Å². The van der Waals surface area contributed by atoms with Crippen molar-refractivity contribution in [1.82, 2.24) is 9.80 Å². The zero-order valence-electron chi connectivity index (χ0n) is 15.8. The summed E-state index contributed by atoms with van der Waals surface area (Å²) < 4.78 is 0. The highest BCUT2D eigenvalue weighted by Crippen LogP contribution is 2.37. The first-order valence-electron chi connectivity index (χ1n) is 10.3. The number of carbonyl (C=O) groups excluding carboxylic acids is 1. The number of rotatable bonds is 6. The molecule has 1 aromatic rings. The molecule has 138 valence electrons. The molecule has 3 rings (SSSR count). The number of likely N-dealkylation sites (tertiary alicyclic amines) is 1. The van der Waals surface area contributed by atoms with Crippen molar-refractivity contribution in [2.75, 3.05) is 33.2 Å². The topological polar surface area (TPSA) is 23.6 Å². The van der Waals surface area contributed by atoms with Gasteiger partial charge in [0.15, 0.2) is 0 Å². The minimum atomic E-state index is 0.0489. The SMILES string of the molecule is CN(CCN1CCCCC1)C(=O)[C@H](c1ccccc1)C1CCCCC1. The molecular formula is C22H34N2O. The fourth-order valence-electron chi connectivity index (χ4n) is 4.57. The Labute approximate surface area is 153 Å². The Morgan fingerprint density at radius 3 is 2.36 bits per heavy atom. The Hall–Kier alpha value is -1.35. The molecule has 25 heavy (non-hydrogen) atoms. The van der Waals surface area contributed by atoms with E-state index in [1.807, 2.05) is 18.0 Å². The van der Waals surface area contributed by atoms with Gasteiger partial charge >= 0.3 is 0 Å². The largest absolute Gasteiger partial charge is 0.344 e. The van der Waals surface area contributed by atoms with Crippen LogP contribution < -0.4 is 0 Å². The van der Waals surface area contributed by atoms with Gasteiger partial charge in [-0.05, 0) is 50.3 Å². The highest BCUT2D eigenvalue weighted by Gasteiger charge is 2.32. The summed E-state index contributed by atoms with van der Waals surface area (Å²) in [6.07, 6.45) is 10.3. The zero-order valence-corrected chi connectivity index (χ0v) is 15.8. The second-order valence-corrected chi connectivity index (χ2v) is 7.95. The van der Waals surface area contributed by atoms with Gasteiger partial charge in [-0.3, -0.25) is 4.79 Å². The van der Waals surface area contributed by atoms with Crippen LogP contribution in [0.5, 0.6) is 0 Å². The molecule has 1 aromatic carbocycles. The average molecular weight is 343 g/mol. The summed E-state index contributed by atoms with van der Waals surface area (Å²) in [5.41, 5.74) is 1.21. The Balaban J connectivity index is 1.65. The number of benzene rings is 1. The van der Waals surface area contributed by atoms with E-state index in [0.29, 0.717) is 11.8 Å². The number of hydrogen-bond acceptors (Lipinski definition) is 2. The van der Waals surface area contributed by atoms with Crippen LogP contribution in [0, 0.1) is 5.92 Å². The third-order valence-corrected chi connectivity index (χ3v) is 6.12. The molecule has 1 aliphatic carbocycles. The van der Waals surface area contributed by atoms with Crippen LogP contribution in [0.15, 0.2) is 30.3 Å². The van der Waals surface area contributed by atoms with Crippen LogP contribution in [0.2, 0.25) is 0 Å². The highest BCUT2D eigenvalue weighted by atomic mass is 16.2. The van der Waals surface area contributed by atoms with Gasteiger partial charge < -0.3 is 9.80 Å². The Morgan fingerprint density at radius 1 is 1.04 bits per heavy atom. The normalized spacial score (nSPS) is 21.0. The summed E-state index contributed by atoms with van der Waals surface area (Å²) in [7, 11) is 2.01. The van der Waals surface area contributed by atoms with Gasteiger partial charge in [0, 0.05) is 20.1 Å². The molecule has 1 amide bonds. The summed E-state index contributed by atoms with van der Waals surface area (Å²) in [5, 5.41) is 0. The van der Waals surface area contributed by atoms with E-state index in [1.54, 1.807) is 0 Å². The number of piperidine rings is 1. The molecule has 1 atom stereocenters. The summed E-state index contributed by atoms with van der Waals surface area (Å²) in [4.78, 5) is 17.8. The van der Waals surface area contributed by atoms with Crippen LogP contribution in [0.25, 0.3) is 0 Å². The van der Waals surface area contributed by atoms with E-state index in [0.717, 1.165) is 13.1 Å². The molecular weight excluding hydrogens is 308 g/mol. The second-order valence-electron chi connectivity index (χ2n) is 7.95. The van der Waals surface area contributed by atoms with Crippen LogP contribution in [0.4, 0.5) is 0 Å². The molecule has 0 aromatic heterocycles. The average Bonchev–Trinajstić information content (AvgIpc) is 2.69. The van der Waals surface area contributed by atoms with Crippen molar-refractivity contribution in [1.29, 1.82) is 0 Å². The van der Waals surface area contributed by atoms with Gasteiger partial charge in [0.25, 0.3) is 0 Å². The van der Waals surface area contributed by atoms with Crippen molar-refractivity contribution < 1.29 is 4.79 Å². The van der Waals surface area contributed by atoms with E-state index in [9.17, 15) is 4.79 Å². The van der Waals surface area contributed by atoms with Gasteiger partial charge in [-0.1, -0.05) is 56.0 Å². The second kappa shape index (κ2) is 9.38. The van der Waals surface area contributed by atoms with E-state index in [2.05, 4.69) is 29.2 Å². The van der Waals surface area contributed by atoms with E-state index < -0.39 is 0 Å². The molecule has 1 saturated carbocycles. The van der Waals surface area contributed by atoms with Gasteiger partial charge in [0.2, 0.25) is 5.91 Å². The van der Waals surface area contributed by atoms with Gasteiger partial charge in [0.1, 0.15) is 0 Å². The third kappa shape index (κ3) is 5.07. The van der Waals surface area contributed by atoms with Crippen LogP contribution in [-0.4, -0.2) is 48.9 Å². The van der Waals surface area contributed by atoms with Crippen LogP contribution in [0.1, 0.15) is 62.8 Å². The lowest BCUT2D eigenvalue weighted by Crippen LogP contribution is -2.41. The van der Waals surface area contributed by atoms with Crippen LogP contribution >= 0.6 is 0 Å². The number of amides is 1. The molecule has 1 aliphatic heterocycles. The van der Waals surface area contributed by atoms with Crippen molar-refractivity contribution in [3.63, 3.8) is 0 Å². The van der Waals surface area contributed by atoms with Crippen molar-refractivity contribution in [3.8, 4) is 0 Å². The number of hydrogen-bond donors (Lipinski definition) is 0. The molecule has 2 aliphatic rings. The zero-order chi connectivity index (χ0) is 17.5. The lowest BCUT2D eigenvalue weighted by atomic mass is 9.76. The fraction of sp³-hybridized carbons (Fsp3) is 0.682. The number of carbonyl (C=O) groups is 1. The summed E-state index contributed by atoms with van der Waals surface area (Å²) in [6.45, 7) is 4.28. The van der Waals surface area contributed by atoms with E-state index in [-0.39, 0.29) is 5.92 Å². The van der Waals surface area contributed by atoms with E-state index in [1.165, 1.54) is 70.0 Å². The molecule has 0 radical (unpaired) electrons. The monoisotopic (exact) mass is 342 g/mol. The number of likely N-dealkylation sites (N-methyl/N-ethyl adjacent to an activating group) is 1. The summed E-state index contributed by atoms with van der Waals surface area (Å²) in [5.74, 6) is 0.893. The summed E-state index contributed by atoms with van der Waals surface area (Å²) in [6, 6.07) is 10.5. The first-order valence-corrected chi connectivity index (χ1v) is 10.3. The van der Waals surface area contributed by atoms with Crippen molar-refractivity contribution in [2.45, 2.75) is 57.3 Å². The summed E-state index contributed by atoms with van der Waals surface area (Å²) >= 11 is 0. The minimum absolute atomic E-state index is 0.0489. The molecule has 3 heteroatoms. The standard InChI is InChI=1S/C22H34N2O/c1-23(17-18-24-15-9-4-10-16-24)22(25)21(19-11-5-2-6-12-19)20-13-7-3-8-14-20/h2,5-6,11-12,20-21H,3-4,7-10,13-18H2,1H3/t21-/m1/s1.